The zero-order valence-corrected chi connectivity index (χ0v) is 68.6. The molecule has 2 aromatic heterocycles. The molecule has 2 heterocycles. The molecule has 0 aliphatic carbocycles. The normalized spacial score (nSPS) is 11.5. The van der Waals surface area contributed by atoms with Gasteiger partial charge in [-0.2, -0.15) is 0 Å². The first-order valence-electron chi connectivity index (χ1n) is 45.0. The number of rotatable bonds is 77. The minimum absolute atomic E-state index is 0.168. The maximum Gasteiger partial charge on any atom is 0.209 e. The zero-order chi connectivity index (χ0) is 74.1. The highest BCUT2D eigenvalue weighted by Crippen LogP contribution is 2.42. The van der Waals surface area contributed by atoms with Gasteiger partial charge in [-0.05, 0) is 87.1 Å². The van der Waals surface area contributed by atoms with E-state index in [9.17, 15) is 9.59 Å². The highest BCUT2D eigenvalue weighted by atomic mass is 16.5. The standard InChI is InChI=1S/C94H160N2O8/c1-7-13-19-25-31-37-43-49-55-61-71-99-87-77-81(78-88(100-72-62-56-50-44-38-32-26-20-14-8-2)93(87)103-75-65-59-53-47-41-35-29-23-17-11-5)91(97)85-69-67-83(95-85)84-68-70-86(96-84)92(98)82-79-89(101-73-63-57-51-45-39-33-27-21-15-9-3)94(104-76-66-60-54-48-42-36-30-24-18-12-6)90(80-82)102-74-64-58-52-46-40-34-28-22-16-10-4/h67-70,77-80,95-96H,7-66,71-76H2,1-6H3. The molecule has 0 saturated heterocycles. The Morgan fingerprint density at radius 2 is 0.385 bits per heavy atom. The number of aromatic nitrogens is 2. The molecule has 10 nitrogen and oxygen atoms in total. The lowest BCUT2D eigenvalue weighted by Gasteiger charge is -2.19. The molecular weight excluding hydrogens is 1290 g/mol. The number of hydrogen-bond donors (Lipinski definition) is 2. The van der Waals surface area contributed by atoms with Crippen LogP contribution < -0.4 is 28.4 Å². The van der Waals surface area contributed by atoms with E-state index in [0.717, 1.165) is 77.0 Å². The average Bonchev–Trinajstić information content (AvgIpc) is 1.34. The van der Waals surface area contributed by atoms with E-state index in [1.54, 1.807) is 0 Å². The van der Waals surface area contributed by atoms with Gasteiger partial charge in [0, 0.05) is 11.1 Å². The van der Waals surface area contributed by atoms with Gasteiger partial charge in [-0.25, -0.2) is 0 Å². The first kappa shape index (κ1) is 91.5. The van der Waals surface area contributed by atoms with Gasteiger partial charge in [0.05, 0.1) is 62.4 Å². The van der Waals surface area contributed by atoms with Gasteiger partial charge in [0.25, 0.3) is 0 Å². The van der Waals surface area contributed by atoms with Crippen molar-refractivity contribution in [3.05, 3.63) is 71.0 Å². The van der Waals surface area contributed by atoms with Gasteiger partial charge in [0.1, 0.15) is 0 Å². The van der Waals surface area contributed by atoms with Crippen LogP contribution in [-0.2, 0) is 0 Å². The fourth-order valence-electron chi connectivity index (χ4n) is 14.4. The van der Waals surface area contributed by atoms with Gasteiger partial charge in [0.2, 0.25) is 23.1 Å². The number of nitrogens with one attached hydrogen (secondary N) is 2. The lowest BCUT2D eigenvalue weighted by atomic mass is 10.1. The molecule has 4 aromatic rings. The summed E-state index contributed by atoms with van der Waals surface area (Å²) in [7, 11) is 0. The van der Waals surface area contributed by atoms with Crippen molar-refractivity contribution in [3.8, 4) is 45.9 Å². The lowest BCUT2D eigenvalue weighted by molar-refractivity contribution is 0.102. The van der Waals surface area contributed by atoms with Crippen LogP contribution in [0, 0.1) is 0 Å². The number of benzene rings is 2. The average molecular weight is 1450 g/mol. The third kappa shape index (κ3) is 43.8. The Hall–Kier alpha value is -4.86. The Morgan fingerprint density at radius 3 is 0.567 bits per heavy atom. The number of unbranched alkanes of at least 4 members (excludes halogenated alkanes) is 54. The van der Waals surface area contributed by atoms with Crippen LogP contribution in [0.15, 0.2) is 48.5 Å². The van der Waals surface area contributed by atoms with E-state index in [1.165, 1.54) is 308 Å². The van der Waals surface area contributed by atoms with Crippen molar-refractivity contribution < 1.29 is 38.0 Å². The van der Waals surface area contributed by atoms with Crippen molar-refractivity contribution in [3.63, 3.8) is 0 Å². The fourth-order valence-corrected chi connectivity index (χ4v) is 14.4. The second kappa shape index (κ2) is 65.2. The highest BCUT2D eigenvalue weighted by Gasteiger charge is 2.24. The molecule has 0 unspecified atom stereocenters. The summed E-state index contributed by atoms with van der Waals surface area (Å²) >= 11 is 0. The molecule has 2 N–H and O–H groups in total. The summed E-state index contributed by atoms with van der Waals surface area (Å²) in [6.45, 7) is 17.0. The Bertz CT molecular complexity index is 2360. The third-order valence-electron chi connectivity index (χ3n) is 21.2. The molecule has 0 fully saturated rings. The Morgan fingerprint density at radius 1 is 0.221 bits per heavy atom. The monoisotopic (exact) mass is 1450 g/mol. The molecule has 0 radical (unpaired) electrons. The summed E-state index contributed by atoms with van der Waals surface area (Å²) in [5, 5.41) is 0. The van der Waals surface area contributed by atoms with Crippen molar-refractivity contribution in [1.29, 1.82) is 0 Å². The smallest absolute Gasteiger partial charge is 0.209 e. The number of aromatic amines is 2. The van der Waals surface area contributed by atoms with Crippen LogP contribution in [0.3, 0.4) is 0 Å². The van der Waals surface area contributed by atoms with Gasteiger partial charge in [-0.1, -0.05) is 388 Å². The van der Waals surface area contributed by atoms with E-state index in [1.807, 2.05) is 48.5 Å². The molecule has 10 heteroatoms. The van der Waals surface area contributed by atoms with Gasteiger partial charge in [-0.3, -0.25) is 9.59 Å². The predicted octanol–water partition coefficient (Wildman–Crippen LogP) is 30.3. The Balaban J connectivity index is 1.60. The number of hydrogen-bond acceptors (Lipinski definition) is 8. The van der Waals surface area contributed by atoms with Crippen LogP contribution in [0.4, 0.5) is 0 Å². The molecule has 0 amide bonds. The Kier molecular flexibility index (Phi) is 57.4. The maximum atomic E-state index is 15.0. The summed E-state index contributed by atoms with van der Waals surface area (Å²) in [5.41, 5.74) is 3.24. The van der Waals surface area contributed by atoms with E-state index in [0.29, 0.717) is 108 Å². The summed E-state index contributed by atoms with van der Waals surface area (Å²) in [5.74, 6) is 3.18. The van der Waals surface area contributed by atoms with E-state index >= 15 is 0 Å². The molecule has 0 spiro atoms. The van der Waals surface area contributed by atoms with Crippen molar-refractivity contribution in [1.82, 2.24) is 9.97 Å². The quantitative estimate of drug-likeness (QED) is 0.0331. The van der Waals surface area contributed by atoms with Crippen LogP contribution in [0.5, 0.6) is 34.5 Å². The first-order valence-corrected chi connectivity index (χ1v) is 45.0. The predicted molar refractivity (Wildman–Crippen MR) is 444 cm³/mol. The summed E-state index contributed by atoms with van der Waals surface area (Å²) < 4.78 is 40.3. The van der Waals surface area contributed by atoms with Gasteiger partial charge in [-0.15, -0.1) is 0 Å². The molecule has 104 heavy (non-hydrogen) atoms. The number of ketones is 2. The molecule has 4 rings (SSSR count). The van der Waals surface area contributed by atoms with Crippen molar-refractivity contribution in [2.75, 3.05) is 39.6 Å². The summed E-state index contributed by atoms with van der Waals surface area (Å²) in [4.78, 5) is 36.8. The Labute approximate surface area is 639 Å². The van der Waals surface area contributed by atoms with Crippen LogP contribution >= 0.6 is 0 Å². The van der Waals surface area contributed by atoms with Crippen molar-refractivity contribution >= 4 is 11.6 Å². The summed E-state index contributed by atoms with van der Waals surface area (Å²) in [6.07, 6.45) is 74.7. The highest BCUT2D eigenvalue weighted by molar-refractivity contribution is 6.10. The minimum Gasteiger partial charge on any atom is -0.490 e. The molecule has 0 saturated carbocycles. The van der Waals surface area contributed by atoms with Crippen LogP contribution in [0.1, 0.15) is 459 Å². The van der Waals surface area contributed by atoms with E-state index in [-0.39, 0.29) is 11.6 Å². The van der Waals surface area contributed by atoms with Gasteiger partial charge in [0.15, 0.2) is 23.0 Å². The molecule has 0 aliphatic heterocycles. The summed E-state index contributed by atoms with van der Waals surface area (Å²) in [6, 6.07) is 15.0. The van der Waals surface area contributed by atoms with Crippen molar-refractivity contribution in [2.45, 2.75) is 427 Å². The number of H-pyrrole nitrogens is 2. The number of ether oxygens (including phenoxy) is 6. The number of carbonyl (C=O) groups is 2. The van der Waals surface area contributed by atoms with Gasteiger partial charge >= 0.3 is 0 Å². The second-order valence-corrected chi connectivity index (χ2v) is 31.0. The lowest BCUT2D eigenvalue weighted by Crippen LogP contribution is -2.09. The molecule has 0 aliphatic rings. The first-order chi connectivity index (χ1) is 51.4. The molecule has 0 bridgehead atoms. The van der Waals surface area contributed by atoms with Gasteiger partial charge < -0.3 is 38.4 Å². The van der Waals surface area contributed by atoms with E-state index in [4.69, 9.17) is 28.4 Å². The van der Waals surface area contributed by atoms with E-state index < -0.39 is 0 Å². The maximum absolute atomic E-state index is 15.0. The third-order valence-corrected chi connectivity index (χ3v) is 21.2. The topological polar surface area (TPSA) is 121 Å². The molecule has 594 valence electrons. The molecule has 2 aromatic carbocycles. The molecular formula is C94H160N2O8. The van der Waals surface area contributed by atoms with Crippen LogP contribution in [0.2, 0.25) is 0 Å². The number of carbonyl (C=O) groups excluding carboxylic acids is 2. The van der Waals surface area contributed by atoms with Crippen LogP contribution in [-0.4, -0.2) is 61.2 Å². The fraction of sp³-hybridized carbons (Fsp3) is 0.766. The van der Waals surface area contributed by atoms with E-state index in [2.05, 4.69) is 51.5 Å². The SMILES string of the molecule is CCCCCCCCCCCCOc1cc(C(=O)c2ccc(-c3ccc(C(=O)c4cc(OCCCCCCCCCCCC)c(OCCCCCCCCCCCC)c(OCCCCCCCCCCCC)c4)[nH]3)[nH]2)cc(OCCCCCCCCCCCC)c1OCCCCCCCCCCCC. The largest absolute Gasteiger partial charge is 0.490 e. The van der Waals surface area contributed by atoms with Crippen LogP contribution in [0.25, 0.3) is 11.4 Å². The molecule has 0 atom stereocenters. The minimum atomic E-state index is -0.168. The van der Waals surface area contributed by atoms with Crippen molar-refractivity contribution in [2.24, 2.45) is 0 Å². The second-order valence-electron chi connectivity index (χ2n) is 31.0. The zero-order valence-electron chi connectivity index (χ0n) is 68.6.